The van der Waals surface area contributed by atoms with Crippen molar-refractivity contribution < 1.29 is 19.4 Å². The summed E-state index contributed by atoms with van der Waals surface area (Å²) >= 11 is 0. The summed E-state index contributed by atoms with van der Waals surface area (Å²) in [7, 11) is 1.47. The molecule has 1 aromatic rings. The number of methoxy groups -OCH3 is 1. The van der Waals surface area contributed by atoms with Crippen molar-refractivity contribution in [2.45, 2.75) is 19.8 Å². The van der Waals surface area contributed by atoms with Crippen LogP contribution in [0.4, 0.5) is 0 Å². The molecule has 0 fully saturated rings. The number of aromatic carboxylic acids is 1. The van der Waals surface area contributed by atoms with Gasteiger partial charge < -0.3 is 9.84 Å². The Kier molecular flexibility index (Phi) is 3.66. The number of aldehydes is 1. The smallest absolute Gasteiger partial charge is 0.335 e. The minimum atomic E-state index is -1.05. The Morgan fingerprint density at radius 1 is 1.44 bits per heavy atom. The molecule has 0 unspecified atom stereocenters. The number of carboxylic acids is 1. The Balaban J connectivity index is 3.49. The summed E-state index contributed by atoms with van der Waals surface area (Å²) in [4.78, 5) is 21.7. The number of carbonyl (C=O) groups is 2. The minimum absolute atomic E-state index is 0.0907. The largest absolute Gasteiger partial charge is 0.496 e. The number of hydrogen-bond acceptors (Lipinski definition) is 3. The molecule has 0 radical (unpaired) electrons. The van der Waals surface area contributed by atoms with Gasteiger partial charge in [0.05, 0.1) is 18.2 Å². The third kappa shape index (κ3) is 2.21. The molecule has 0 atom stereocenters. The lowest BCUT2D eigenvalue weighted by Crippen LogP contribution is -2.04. The number of hydrogen-bond donors (Lipinski definition) is 1. The van der Waals surface area contributed by atoms with Crippen molar-refractivity contribution in [1.29, 1.82) is 0 Å². The molecule has 4 heteroatoms. The van der Waals surface area contributed by atoms with Crippen LogP contribution in [0.3, 0.4) is 0 Å². The molecule has 0 aliphatic rings. The second kappa shape index (κ2) is 4.79. The first-order valence-corrected chi connectivity index (χ1v) is 4.91. The molecule has 0 heterocycles. The first kappa shape index (κ1) is 12.2. The SMILES string of the molecule is COc1c(C=O)cc(C(=O)O)cc1C(C)C. The van der Waals surface area contributed by atoms with E-state index in [0.717, 1.165) is 5.56 Å². The molecule has 0 saturated heterocycles. The van der Waals surface area contributed by atoms with Crippen LogP contribution in [0, 0.1) is 0 Å². The Hall–Kier alpha value is -1.84. The average Bonchev–Trinajstić information content (AvgIpc) is 2.26. The lowest BCUT2D eigenvalue weighted by atomic mass is 9.96. The maximum Gasteiger partial charge on any atom is 0.335 e. The van der Waals surface area contributed by atoms with Gasteiger partial charge in [0.1, 0.15) is 5.75 Å². The molecule has 0 amide bonds. The van der Waals surface area contributed by atoms with E-state index in [1.165, 1.54) is 13.2 Å². The molecule has 86 valence electrons. The first-order chi connectivity index (χ1) is 7.51. The molecule has 0 aliphatic heterocycles. The number of benzene rings is 1. The van der Waals surface area contributed by atoms with Crippen molar-refractivity contribution in [3.63, 3.8) is 0 Å². The van der Waals surface area contributed by atoms with Gasteiger partial charge in [0.15, 0.2) is 6.29 Å². The van der Waals surface area contributed by atoms with Crippen molar-refractivity contribution in [2.75, 3.05) is 7.11 Å². The highest BCUT2D eigenvalue weighted by molar-refractivity contribution is 5.92. The van der Waals surface area contributed by atoms with Crippen LogP contribution in [0.2, 0.25) is 0 Å². The van der Waals surface area contributed by atoms with E-state index >= 15 is 0 Å². The van der Waals surface area contributed by atoms with Crippen LogP contribution in [-0.2, 0) is 0 Å². The van der Waals surface area contributed by atoms with Gasteiger partial charge in [-0.3, -0.25) is 4.79 Å². The quantitative estimate of drug-likeness (QED) is 0.794. The summed E-state index contributed by atoms with van der Waals surface area (Å²) in [6.45, 7) is 3.83. The standard InChI is InChI=1S/C12H14O4/c1-7(2)10-5-8(12(14)15)4-9(6-13)11(10)16-3/h4-7H,1-3H3,(H,14,15). The molecule has 1 aromatic carbocycles. The van der Waals surface area contributed by atoms with Crippen LogP contribution < -0.4 is 4.74 Å². The summed E-state index contributed by atoms with van der Waals surface area (Å²) in [5.74, 6) is -0.504. The molecule has 1 rings (SSSR count). The van der Waals surface area contributed by atoms with E-state index in [0.29, 0.717) is 12.0 Å². The van der Waals surface area contributed by atoms with Gasteiger partial charge in [-0.05, 0) is 23.6 Å². The maximum absolute atomic E-state index is 10.9. The fraction of sp³-hybridized carbons (Fsp3) is 0.333. The molecule has 0 saturated carbocycles. The Bertz CT molecular complexity index is 421. The third-order valence-electron chi connectivity index (χ3n) is 2.35. The number of ether oxygens (including phenoxy) is 1. The predicted octanol–water partition coefficient (Wildman–Crippen LogP) is 2.33. The number of carboxylic acid groups (broad SMARTS) is 1. The van der Waals surface area contributed by atoms with Crippen LogP contribution in [0.25, 0.3) is 0 Å². The van der Waals surface area contributed by atoms with E-state index < -0.39 is 5.97 Å². The van der Waals surface area contributed by atoms with Gasteiger partial charge in [-0.15, -0.1) is 0 Å². The molecule has 1 N–H and O–H groups in total. The molecule has 16 heavy (non-hydrogen) atoms. The lowest BCUT2D eigenvalue weighted by molar-refractivity contribution is 0.0696. The maximum atomic E-state index is 10.9. The fourth-order valence-corrected chi connectivity index (χ4v) is 1.55. The number of rotatable bonds is 4. The summed E-state index contributed by atoms with van der Waals surface area (Å²) in [5.41, 5.74) is 1.10. The molecule has 0 spiro atoms. The van der Waals surface area contributed by atoms with Crippen LogP contribution in [0.5, 0.6) is 5.75 Å². The van der Waals surface area contributed by atoms with Crippen molar-refractivity contribution in [2.24, 2.45) is 0 Å². The van der Waals surface area contributed by atoms with E-state index in [9.17, 15) is 9.59 Å². The highest BCUT2D eigenvalue weighted by Crippen LogP contribution is 2.30. The zero-order valence-electron chi connectivity index (χ0n) is 9.48. The van der Waals surface area contributed by atoms with E-state index in [-0.39, 0.29) is 17.0 Å². The van der Waals surface area contributed by atoms with Crippen LogP contribution in [-0.4, -0.2) is 24.5 Å². The fourth-order valence-electron chi connectivity index (χ4n) is 1.55. The van der Waals surface area contributed by atoms with Gasteiger partial charge in [-0.2, -0.15) is 0 Å². The summed E-state index contributed by atoms with van der Waals surface area (Å²) < 4.78 is 5.14. The normalized spacial score (nSPS) is 10.2. The molecule has 0 bridgehead atoms. The zero-order chi connectivity index (χ0) is 12.3. The minimum Gasteiger partial charge on any atom is -0.496 e. The summed E-state index contributed by atoms with van der Waals surface area (Å²) in [6.07, 6.45) is 0.608. The van der Waals surface area contributed by atoms with Gasteiger partial charge in [0, 0.05) is 0 Å². The van der Waals surface area contributed by atoms with E-state index in [1.807, 2.05) is 13.8 Å². The summed E-state index contributed by atoms with van der Waals surface area (Å²) in [6, 6.07) is 2.86. The second-order valence-corrected chi connectivity index (χ2v) is 3.77. The van der Waals surface area contributed by atoms with Crippen molar-refractivity contribution in [3.8, 4) is 5.75 Å². The zero-order valence-corrected chi connectivity index (χ0v) is 9.48. The highest BCUT2D eigenvalue weighted by Gasteiger charge is 2.16. The predicted molar refractivity (Wildman–Crippen MR) is 59.4 cm³/mol. The Morgan fingerprint density at radius 3 is 2.44 bits per heavy atom. The monoisotopic (exact) mass is 222 g/mol. The van der Waals surface area contributed by atoms with Gasteiger partial charge in [0.2, 0.25) is 0 Å². The van der Waals surface area contributed by atoms with Crippen LogP contribution in [0.15, 0.2) is 12.1 Å². The van der Waals surface area contributed by atoms with Gasteiger partial charge in [0.25, 0.3) is 0 Å². The molecule has 0 aliphatic carbocycles. The molecular formula is C12H14O4. The second-order valence-electron chi connectivity index (χ2n) is 3.77. The van der Waals surface area contributed by atoms with Crippen molar-refractivity contribution in [1.82, 2.24) is 0 Å². The third-order valence-corrected chi connectivity index (χ3v) is 2.35. The number of carbonyl (C=O) groups excluding carboxylic acids is 1. The lowest BCUT2D eigenvalue weighted by Gasteiger charge is -2.14. The Morgan fingerprint density at radius 2 is 2.06 bits per heavy atom. The van der Waals surface area contributed by atoms with Crippen LogP contribution in [0.1, 0.15) is 46.0 Å². The topological polar surface area (TPSA) is 63.6 Å². The van der Waals surface area contributed by atoms with E-state index in [4.69, 9.17) is 9.84 Å². The van der Waals surface area contributed by atoms with Gasteiger partial charge in [-0.25, -0.2) is 4.79 Å². The van der Waals surface area contributed by atoms with E-state index in [2.05, 4.69) is 0 Å². The molecule has 4 nitrogen and oxygen atoms in total. The van der Waals surface area contributed by atoms with Crippen molar-refractivity contribution in [3.05, 3.63) is 28.8 Å². The van der Waals surface area contributed by atoms with Gasteiger partial charge in [-0.1, -0.05) is 13.8 Å². The van der Waals surface area contributed by atoms with Crippen LogP contribution >= 0.6 is 0 Å². The average molecular weight is 222 g/mol. The highest BCUT2D eigenvalue weighted by atomic mass is 16.5. The van der Waals surface area contributed by atoms with Crippen molar-refractivity contribution >= 4 is 12.3 Å². The van der Waals surface area contributed by atoms with E-state index in [1.54, 1.807) is 6.07 Å². The Labute approximate surface area is 93.9 Å². The molecule has 0 aromatic heterocycles. The summed E-state index contributed by atoms with van der Waals surface area (Å²) in [5, 5.41) is 8.92. The van der Waals surface area contributed by atoms with Gasteiger partial charge >= 0.3 is 5.97 Å². The first-order valence-electron chi connectivity index (χ1n) is 4.91. The molecular weight excluding hydrogens is 208 g/mol.